The number of nitrogens with zero attached hydrogens (tertiary/aromatic N) is 1. The van der Waals surface area contributed by atoms with Crippen molar-refractivity contribution in [2.24, 2.45) is 11.8 Å². The van der Waals surface area contributed by atoms with Gasteiger partial charge in [-0.1, -0.05) is 27.7 Å². The van der Waals surface area contributed by atoms with Gasteiger partial charge in [0.2, 0.25) is 0 Å². The van der Waals surface area contributed by atoms with Gasteiger partial charge >= 0.3 is 6.09 Å². The summed E-state index contributed by atoms with van der Waals surface area (Å²) >= 11 is 0. The number of likely N-dealkylation sites (tertiary alicyclic amines) is 1. The molecule has 1 aliphatic heterocycles. The number of piperidine rings is 1. The fourth-order valence-corrected chi connectivity index (χ4v) is 2.64. The van der Waals surface area contributed by atoms with Crippen LogP contribution in [0.15, 0.2) is 0 Å². The number of amides is 1. The molecule has 4 heteroatoms. The van der Waals surface area contributed by atoms with E-state index in [2.05, 4.69) is 27.7 Å². The number of ketones is 1. The SMILES string of the molecule is CC(C)OC(=O)N1[C@H](C(C)C)CC(=O)C[C@H]1C(C)C. The quantitative estimate of drug-likeness (QED) is 0.790. The highest BCUT2D eigenvalue weighted by Crippen LogP contribution is 2.30. The molecule has 2 atom stereocenters. The van der Waals surface area contributed by atoms with Crippen molar-refractivity contribution in [3.8, 4) is 0 Å². The number of hydrogen-bond donors (Lipinski definition) is 0. The Hall–Kier alpha value is -1.06. The molecule has 0 aliphatic carbocycles. The predicted octanol–water partition coefficient (Wildman–Crippen LogP) is 3.25. The molecule has 1 aliphatic rings. The fourth-order valence-electron chi connectivity index (χ4n) is 2.64. The van der Waals surface area contributed by atoms with Crippen LogP contribution in [-0.4, -0.2) is 35.0 Å². The molecule has 1 rings (SSSR count). The zero-order chi connectivity index (χ0) is 14.7. The normalized spacial score (nSPS) is 24.5. The van der Waals surface area contributed by atoms with E-state index >= 15 is 0 Å². The van der Waals surface area contributed by atoms with Crippen LogP contribution in [0.25, 0.3) is 0 Å². The second kappa shape index (κ2) is 6.40. The number of Topliss-reactive ketones (excluding diaryl/α,β-unsaturated/α-hetero) is 1. The third-order valence-corrected chi connectivity index (χ3v) is 3.67. The minimum Gasteiger partial charge on any atom is -0.447 e. The van der Waals surface area contributed by atoms with E-state index in [0.29, 0.717) is 12.8 Å². The standard InChI is InChI=1S/C15H27NO3/c1-9(2)13-7-12(17)8-14(10(3)4)16(13)15(18)19-11(5)6/h9-11,13-14H,7-8H2,1-6H3/t13-,14-/m0/s1. The van der Waals surface area contributed by atoms with E-state index in [-0.39, 0.29) is 41.9 Å². The molecular formula is C15H27NO3. The largest absolute Gasteiger partial charge is 0.447 e. The molecule has 0 aromatic heterocycles. The lowest BCUT2D eigenvalue weighted by molar-refractivity contribution is -0.126. The smallest absolute Gasteiger partial charge is 0.410 e. The summed E-state index contributed by atoms with van der Waals surface area (Å²) in [6.07, 6.45) is 0.493. The van der Waals surface area contributed by atoms with Crippen molar-refractivity contribution >= 4 is 11.9 Å². The minimum atomic E-state index is -0.278. The highest BCUT2D eigenvalue weighted by Gasteiger charge is 2.41. The van der Waals surface area contributed by atoms with Crippen molar-refractivity contribution in [3.05, 3.63) is 0 Å². The van der Waals surface area contributed by atoms with Gasteiger partial charge < -0.3 is 9.64 Å². The Kier molecular flexibility index (Phi) is 5.39. The fraction of sp³-hybridized carbons (Fsp3) is 0.867. The van der Waals surface area contributed by atoms with Crippen molar-refractivity contribution < 1.29 is 14.3 Å². The summed E-state index contributed by atoms with van der Waals surface area (Å²) in [4.78, 5) is 26.1. The maximum atomic E-state index is 12.3. The first-order chi connectivity index (χ1) is 8.73. The van der Waals surface area contributed by atoms with Crippen LogP contribution >= 0.6 is 0 Å². The number of carbonyl (C=O) groups is 2. The molecule has 1 heterocycles. The van der Waals surface area contributed by atoms with E-state index in [1.165, 1.54) is 0 Å². The van der Waals surface area contributed by atoms with Crippen LogP contribution in [0.5, 0.6) is 0 Å². The summed E-state index contributed by atoms with van der Waals surface area (Å²) in [7, 11) is 0. The van der Waals surface area contributed by atoms with Crippen LogP contribution in [0.2, 0.25) is 0 Å². The highest BCUT2D eigenvalue weighted by atomic mass is 16.6. The van der Waals surface area contributed by atoms with Crippen LogP contribution in [0.1, 0.15) is 54.4 Å². The van der Waals surface area contributed by atoms with Crippen molar-refractivity contribution in [2.45, 2.75) is 72.6 Å². The van der Waals surface area contributed by atoms with Crippen molar-refractivity contribution in [1.29, 1.82) is 0 Å². The molecule has 0 bridgehead atoms. The molecule has 1 amide bonds. The van der Waals surface area contributed by atoms with E-state index in [4.69, 9.17) is 4.74 Å². The molecular weight excluding hydrogens is 242 g/mol. The van der Waals surface area contributed by atoms with E-state index in [1.54, 1.807) is 0 Å². The first kappa shape index (κ1) is 16.0. The molecule has 19 heavy (non-hydrogen) atoms. The number of rotatable bonds is 3. The number of ether oxygens (including phenoxy) is 1. The molecule has 1 fully saturated rings. The Bertz CT molecular complexity index is 316. The summed E-state index contributed by atoms with van der Waals surface area (Å²) < 4.78 is 5.36. The lowest BCUT2D eigenvalue weighted by atomic mass is 9.84. The second-order valence-electron chi connectivity index (χ2n) is 6.41. The zero-order valence-electron chi connectivity index (χ0n) is 13.0. The molecule has 1 saturated heterocycles. The average Bonchev–Trinajstić information content (AvgIpc) is 2.26. The van der Waals surface area contributed by atoms with Gasteiger partial charge in [-0.25, -0.2) is 4.79 Å². The van der Waals surface area contributed by atoms with Crippen LogP contribution in [0, 0.1) is 11.8 Å². The van der Waals surface area contributed by atoms with Gasteiger partial charge in [-0.3, -0.25) is 4.79 Å². The van der Waals surface area contributed by atoms with E-state index < -0.39 is 0 Å². The molecule has 0 radical (unpaired) electrons. The van der Waals surface area contributed by atoms with Crippen LogP contribution < -0.4 is 0 Å². The highest BCUT2D eigenvalue weighted by molar-refractivity contribution is 5.83. The summed E-state index contributed by atoms with van der Waals surface area (Å²) in [6.45, 7) is 11.9. The first-order valence-corrected chi connectivity index (χ1v) is 7.24. The summed E-state index contributed by atoms with van der Waals surface area (Å²) in [5.41, 5.74) is 0. The minimum absolute atomic E-state index is 0.0418. The zero-order valence-corrected chi connectivity index (χ0v) is 13.0. The Balaban J connectivity index is 3.00. The van der Waals surface area contributed by atoms with Crippen molar-refractivity contribution in [3.63, 3.8) is 0 Å². The monoisotopic (exact) mass is 269 g/mol. The van der Waals surface area contributed by atoms with Gasteiger partial charge in [-0.15, -0.1) is 0 Å². The molecule has 4 nitrogen and oxygen atoms in total. The molecule has 0 unspecified atom stereocenters. The average molecular weight is 269 g/mol. The third kappa shape index (κ3) is 3.95. The summed E-state index contributed by atoms with van der Waals surface area (Å²) in [5.74, 6) is 0.765. The first-order valence-electron chi connectivity index (χ1n) is 7.24. The summed E-state index contributed by atoms with van der Waals surface area (Å²) in [6, 6.07) is -0.0835. The van der Waals surface area contributed by atoms with Gasteiger partial charge in [0.05, 0.1) is 6.10 Å². The van der Waals surface area contributed by atoms with E-state index in [1.807, 2.05) is 18.7 Å². The number of hydrogen-bond acceptors (Lipinski definition) is 3. The van der Waals surface area contributed by atoms with Gasteiger partial charge in [0, 0.05) is 24.9 Å². The maximum absolute atomic E-state index is 12.3. The van der Waals surface area contributed by atoms with Crippen LogP contribution in [0.4, 0.5) is 4.79 Å². The Morgan fingerprint density at radius 1 is 1.05 bits per heavy atom. The van der Waals surface area contributed by atoms with Gasteiger partial charge in [-0.05, 0) is 25.7 Å². The molecule has 0 aromatic carbocycles. The number of carbonyl (C=O) groups excluding carboxylic acids is 2. The topological polar surface area (TPSA) is 46.6 Å². The Morgan fingerprint density at radius 2 is 1.47 bits per heavy atom. The third-order valence-electron chi connectivity index (χ3n) is 3.67. The Labute approximate surface area is 116 Å². The van der Waals surface area contributed by atoms with Crippen molar-refractivity contribution in [1.82, 2.24) is 4.90 Å². The second-order valence-corrected chi connectivity index (χ2v) is 6.41. The van der Waals surface area contributed by atoms with Gasteiger partial charge in [-0.2, -0.15) is 0 Å². The van der Waals surface area contributed by atoms with E-state index in [0.717, 1.165) is 0 Å². The van der Waals surface area contributed by atoms with Crippen molar-refractivity contribution in [2.75, 3.05) is 0 Å². The maximum Gasteiger partial charge on any atom is 0.410 e. The van der Waals surface area contributed by atoms with Crippen LogP contribution in [-0.2, 0) is 9.53 Å². The molecule has 110 valence electrons. The predicted molar refractivity (Wildman–Crippen MR) is 74.9 cm³/mol. The summed E-state index contributed by atoms with van der Waals surface area (Å²) in [5, 5.41) is 0. The van der Waals surface area contributed by atoms with Gasteiger partial charge in [0.1, 0.15) is 5.78 Å². The van der Waals surface area contributed by atoms with E-state index in [9.17, 15) is 9.59 Å². The molecule has 0 saturated carbocycles. The molecule has 0 N–H and O–H groups in total. The molecule has 0 spiro atoms. The lowest BCUT2D eigenvalue weighted by Gasteiger charge is -2.44. The lowest BCUT2D eigenvalue weighted by Crippen LogP contribution is -2.56. The van der Waals surface area contributed by atoms with Gasteiger partial charge in [0.25, 0.3) is 0 Å². The van der Waals surface area contributed by atoms with Gasteiger partial charge in [0.15, 0.2) is 0 Å². The molecule has 0 aromatic rings. The Morgan fingerprint density at radius 3 is 1.79 bits per heavy atom. The van der Waals surface area contributed by atoms with Crippen LogP contribution in [0.3, 0.4) is 0 Å².